The lowest BCUT2D eigenvalue weighted by Crippen LogP contribution is -2.43. The number of guanidine groups is 1. The van der Waals surface area contributed by atoms with Crippen molar-refractivity contribution in [2.24, 2.45) is 4.99 Å². The standard InChI is InChI=1S/C16H28N4S/c1-4-20(14-7-8-14)12-10-18-16(17-2)19(3)11-9-15-6-5-13-21-15/h5-6,13-14H,4,7-12H2,1-3H3,(H,17,18). The summed E-state index contributed by atoms with van der Waals surface area (Å²) in [5.74, 6) is 0.999. The Kier molecular flexibility index (Phi) is 6.51. The van der Waals surface area contributed by atoms with Crippen LogP contribution in [0.15, 0.2) is 22.5 Å². The molecule has 118 valence electrons. The van der Waals surface area contributed by atoms with E-state index in [0.717, 1.165) is 44.6 Å². The maximum Gasteiger partial charge on any atom is 0.193 e. The fourth-order valence-electron chi connectivity index (χ4n) is 2.57. The van der Waals surface area contributed by atoms with E-state index < -0.39 is 0 Å². The number of rotatable bonds is 8. The summed E-state index contributed by atoms with van der Waals surface area (Å²) < 4.78 is 0. The zero-order valence-electron chi connectivity index (χ0n) is 13.5. The van der Waals surface area contributed by atoms with Gasteiger partial charge in [-0.05, 0) is 37.3 Å². The van der Waals surface area contributed by atoms with Gasteiger partial charge in [-0.3, -0.25) is 9.89 Å². The minimum atomic E-state index is 0.843. The van der Waals surface area contributed by atoms with Crippen molar-refractivity contribution in [2.45, 2.75) is 32.2 Å². The molecule has 1 fully saturated rings. The third kappa shape index (κ3) is 5.32. The number of nitrogens with zero attached hydrogens (tertiary/aromatic N) is 3. The molecule has 0 bridgehead atoms. The minimum absolute atomic E-state index is 0.843. The average molecular weight is 308 g/mol. The van der Waals surface area contributed by atoms with Crippen LogP contribution in [0.3, 0.4) is 0 Å². The van der Waals surface area contributed by atoms with Crippen molar-refractivity contribution in [1.82, 2.24) is 15.1 Å². The van der Waals surface area contributed by atoms with Crippen molar-refractivity contribution in [3.05, 3.63) is 22.4 Å². The van der Waals surface area contributed by atoms with Crippen molar-refractivity contribution in [1.29, 1.82) is 0 Å². The molecule has 5 heteroatoms. The van der Waals surface area contributed by atoms with Crippen LogP contribution >= 0.6 is 11.3 Å². The first-order chi connectivity index (χ1) is 10.2. The maximum atomic E-state index is 4.39. The monoisotopic (exact) mass is 308 g/mol. The Balaban J connectivity index is 1.68. The molecule has 0 atom stereocenters. The highest BCUT2D eigenvalue weighted by Crippen LogP contribution is 2.25. The molecule has 4 nitrogen and oxygen atoms in total. The second-order valence-electron chi connectivity index (χ2n) is 5.58. The van der Waals surface area contributed by atoms with Crippen molar-refractivity contribution in [3.63, 3.8) is 0 Å². The van der Waals surface area contributed by atoms with Gasteiger partial charge in [0.25, 0.3) is 0 Å². The van der Waals surface area contributed by atoms with Crippen LogP contribution in [0.5, 0.6) is 0 Å². The summed E-state index contributed by atoms with van der Waals surface area (Å²) in [6.07, 6.45) is 3.84. The quantitative estimate of drug-likeness (QED) is 0.590. The van der Waals surface area contributed by atoms with E-state index in [1.54, 1.807) is 0 Å². The molecule has 0 radical (unpaired) electrons. The molecule has 1 aromatic heterocycles. The number of thiophene rings is 1. The van der Waals surface area contributed by atoms with Gasteiger partial charge in [0.2, 0.25) is 0 Å². The van der Waals surface area contributed by atoms with Crippen LogP contribution in [0, 0.1) is 0 Å². The van der Waals surface area contributed by atoms with Crippen molar-refractivity contribution < 1.29 is 0 Å². The molecule has 1 heterocycles. The molecule has 0 saturated heterocycles. The number of likely N-dealkylation sites (N-methyl/N-ethyl adjacent to an activating group) is 2. The molecule has 0 aliphatic heterocycles. The fraction of sp³-hybridized carbons (Fsp3) is 0.688. The third-order valence-corrected chi connectivity index (χ3v) is 4.93. The van der Waals surface area contributed by atoms with Gasteiger partial charge in [-0.2, -0.15) is 0 Å². The molecule has 0 aromatic carbocycles. The van der Waals surface area contributed by atoms with Crippen LogP contribution in [-0.4, -0.2) is 62.1 Å². The van der Waals surface area contributed by atoms with Gasteiger partial charge in [-0.25, -0.2) is 0 Å². The molecule has 0 amide bonds. The molecule has 0 unspecified atom stereocenters. The van der Waals surface area contributed by atoms with Gasteiger partial charge in [0.1, 0.15) is 0 Å². The summed E-state index contributed by atoms with van der Waals surface area (Å²) in [5.41, 5.74) is 0. The van der Waals surface area contributed by atoms with E-state index in [-0.39, 0.29) is 0 Å². The lowest BCUT2D eigenvalue weighted by Gasteiger charge is -2.24. The predicted octanol–water partition coefficient (Wildman–Crippen LogP) is 2.28. The van der Waals surface area contributed by atoms with Crippen LogP contribution in [0.1, 0.15) is 24.6 Å². The first-order valence-electron chi connectivity index (χ1n) is 7.92. The Bertz CT molecular complexity index is 425. The molecule has 1 aliphatic carbocycles. The van der Waals surface area contributed by atoms with Crippen LogP contribution in [0.25, 0.3) is 0 Å². The summed E-state index contributed by atoms with van der Waals surface area (Å²) >= 11 is 1.83. The second-order valence-corrected chi connectivity index (χ2v) is 6.62. The Morgan fingerprint density at radius 3 is 2.81 bits per heavy atom. The smallest absolute Gasteiger partial charge is 0.193 e. The molecular weight excluding hydrogens is 280 g/mol. The van der Waals surface area contributed by atoms with Crippen LogP contribution in [0.4, 0.5) is 0 Å². The molecule has 0 spiro atoms. The zero-order chi connectivity index (χ0) is 15.1. The van der Waals surface area contributed by atoms with Crippen LogP contribution < -0.4 is 5.32 Å². The molecule has 21 heavy (non-hydrogen) atoms. The highest BCUT2D eigenvalue weighted by molar-refractivity contribution is 7.09. The number of hydrogen-bond donors (Lipinski definition) is 1. The van der Waals surface area contributed by atoms with E-state index in [4.69, 9.17) is 0 Å². The fourth-order valence-corrected chi connectivity index (χ4v) is 3.27. The second kappa shape index (κ2) is 8.39. The van der Waals surface area contributed by atoms with Crippen molar-refractivity contribution in [2.75, 3.05) is 40.3 Å². The number of nitrogens with one attached hydrogen (secondary N) is 1. The topological polar surface area (TPSA) is 30.9 Å². The highest BCUT2D eigenvalue weighted by Gasteiger charge is 2.27. The Morgan fingerprint density at radius 2 is 2.24 bits per heavy atom. The van der Waals surface area contributed by atoms with Gasteiger partial charge in [-0.1, -0.05) is 13.0 Å². The summed E-state index contributed by atoms with van der Waals surface area (Å²) in [4.78, 5) is 10.6. The summed E-state index contributed by atoms with van der Waals surface area (Å²) in [6, 6.07) is 5.16. The molecular formula is C16H28N4S. The zero-order valence-corrected chi connectivity index (χ0v) is 14.3. The van der Waals surface area contributed by atoms with Gasteiger partial charge >= 0.3 is 0 Å². The first kappa shape index (κ1) is 16.3. The number of hydrogen-bond acceptors (Lipinski definition) is 3. The van der Waals surface area contributed by atoms with Crippen LogP contribution in [0.2, 0.25) is 0 Å². The summed E-state index contributed by atoms with van der Waals surface area (Å²) in [6.45, 7) is 6.49. The van der Waals surface area contributed by atoms with Gasteiger partial charge in [0.15, 0.2) is 5.96 Å². The van der Waals surface area contributed by atoms with E-state index in [0.29, 0.717) is 0 Å². The van der Waals surface area contributed by atoms with Crippen molar-refractivity contribution >= 4 is 17.3 Å². The maximum absolute atomic E-state index is 4.39. The van der Waals surface area contributed by atoms with E-state index in [1.807, 2.05) is 18.4 Å². The average Bonchev–Trinajstić information content (AvgIpc) is 3.20. The molecule has 1 aromatic rings. The largest absolute Gasteiger partial charge is 0.355 e. The Labute approximate surface area is 132 Å². The van der Waals surface area contributed by atoms with E-state index in [1.165, 1.54) is 17.7 Å². The number of aliphatic imine (C=N–C) groups is 1. The third-order valence-electron chi connectivity index (χ3n) is 4.00. The van der Waals surface area contributed by atoms with Gasteiger partial charge in [-0.15, -0.1) is 11.3 Å². The minimum Gasteiger partial charge on any atom is -0.355 e. The molecule has 1 saturated carbocycles. The Morgan fingerprint density at radius 1 is 1.43 bits per heavy atom. The van der Waals surface area contributed by atoms with E-state index in [9.17, 15) is 0 Å². The summed E-state index contributed by atoms with van der Waals surface area (Å²) in [7, 11) is 3.98. The first-order valence-corrected chi connectivity index (χ1v) is 8.80. The molecule has 1 N–H and O–H groups in total. The highest BCUT2D eigenvalue weighted by atomic mass is 32.1. The summed E-state index contributed by atoms with van der Waals surface area (Å²) in [5, 5.41) is 5.62. The Hall–Kier alpha value is -1.07. The normalized spacial score (nSPS) is 15.5. The SMILES string of the molecule is CCN(CCNC(=NC)N(C)CCc1cccs1)C1CC1. The van der Waals surface area contributed by atoms with Gasteiger partial charge in [0, 0.05) is 44.6 Å². The van der Waals surface area contributed by atoms with E-state index in [2.05, 4.69) is 51.6 Å². The van der Waals surface area contributed by atoms with Crippen LogP contribution in [-0.2, 0) is 6.42 Å². The van der Waals surface area contributed by atoms with Crippen molar-refractivity contribution in [3.8, 4) is 0 Å². The van der Waals surface area contributed by atoms with E-state index >= 15 is 0 Å². The lowest BCUT2D eigenvalue weighted by molar-refractivity contribution is 0.281. The lowest BCUT2D eigenvalue weighted by atomic mass is 10.3. The molecule has 1 aliphatic rings. The predicted molar refractivity (Wildman–Crippen MR) is 92.3 cm³/mol. The van der Waals surface area contributed by atoms with Gasteiger partial charge in [0.05, 0.1) is 0 Å². The molecule has 2 rings (SSSR count). The van der Waals surface area contributed by atoms with Gasteiger partial charge < -0.3 is 10.2 Å².